The van der Waals surface area contributed by atoms with E-state index < -0.39 is 35.7 Å². The van der Waals surface area contributed by atoms with Crippen LogP contribution in [0.2, 0.25) is 0 Å². The number of fused-ring (bicyclic) bond motifs is 2. The lowest BCUT2D eigenvalue weighted by Crippen LogP contribution is -2.31. The average molecular weight is 520 g/mol. The van der Waals surface area contributed by atoms with Crippen molar-refractivity contribution in [2.75, 3.05) is 7.11 Å². The molecule has 2 N–H and O–H groups in total. The van der Waals surface area contributed by atoms with Gasteiger partial charge in [-0.25, -0.2) is 9.78 Å². The van der Waals surface area contributed by atoms with Crippen LogP contribution in [-0.2, 0) is 17.5 Å². The molecule has 0 aliphatic rings. The summed E-state index contributed by atoms with van der Waals surface area (Å²) in [6.07, 6.45) is -3.06. The minimum absolute atomic E-state index is 0.161. The summed E-state index contributed by atoms with van der Waals surface area (Å²) in [6.45, 7) is -0.394. The number of rotatable bonds is 5. The second kappa shape index (κ2) is 9.51. The Morgan fingerprint density at radius 3 is 2.53 bits per heavy atom. The number of hydrogen-bond acceptors (Lipinski definition) is 5. The van der Waals surface area contributed by atoms with E-state index in [-0.39, 0.29) is 28.0 Å². The number of H-pyrrole nitrogens is 1. The van der Waals surface area contributed by atoms with Gasteiger partial charge in [-0.1, -0.05) is 24.3 Å². The Labute approximate surface area is 212 Å². The Kier molecular flexibility index (Phi) is 6.19. The van der Waals surface area contributed by atoms with Crippen molar-refractivity contribution >= 4 is 33.8 Å². The molecule has 0 aliphatic heterocycles. The second-order valence-corrected chi connectivity index (χ2v) is 8.35. The van der Waals surface area contributed by atoms with E-state index in [1.807, 2.05) is 6.07 Å². The Balaban J connectivity index is 1.69. The summed E-state index contributed by atoms with van der Waals surface area (Å²) in [5.74, 6) is -1.50. The Morgan fingerprint density at radius 2 is 1.82 bits per heavy atom. The Hall–Kier alpha value is -4.93. The molecule has 3 heterocycles. The number of aromatic amines is 1. The SMILES string of the molecule is COC(=O)c1c(CNC(=O)c2ccc3cc[nH]c3c2)c(=O)c2ccc(C(F)(F)F)nc2n1-c1ccccc1. The summed E-state index contributed by atoms with van der Waals surface area (Å²) >= 11 is 0. The number of para-hydroxylation sites is 1. The molecule has 0 radical (unpaired) electrons. The molecule has 5 aromatic rings. The number of benzene rings is 2. The second-order valence-electron chi connectivity index (χ2n) is 8.35. The number of carbonyl (C=O) groups is 2. The van der Waals surface area contributed by atoms with Crippen molar-refractivity contribution in [1.29, 1.82) is 0 Å². The van der Waals surface area contributed by atoms with Gasteiger partial charge in [0.05, 0.1) is 18.1 Å². The first-order valence-corrected chi connectivity index (χ1v) is 11.3. The summed E-state index contributed by atoms with van der Waals surface area (Å²) in [5.41, 5.74) is -1.55. The van der Waals surface area contributed by atoms with Gasteiger partial charge in [-0.3, -0.25) is 14.2 Å². The highest BCUT2D eigenvalue weighted by molar-refractivity contribution is 5.98. The van der Waals surface area contributed by atoms with Crippen molar-refractivity contribution in [2.24, 2.45) is 0 Å². The van der Waals surface area contributed by atoms with Crippen molar-refractivity contribution in [3.8, 4) is 5.69 Å². The molecule has 0 spiro atoms. The molecule has 3 aromatic heterocycles. The number of aromatic nitrogens is 3. The van der Waals surface area contributed by atoms with Crippen LogP contribution in [0, 0.1) is 0 Å². The molecule has 192 valence electrons. The fraction of sp³-hybridized carbons (Fsp3) is 0.111. The smallest absolute Gasteiger partial charge is 0.433 e. The zero-order valence-corrected chi connectivity index (χ0v) is 19.8. The number of amides is 1. The summed E-state index contributed by atoms with van der Waals surface area (Å²) in [5, 5.41) is 3.38. The first kappa shape index (κ1) is 24.8. The highest BCUT2D eigenvalue weighted by Gasteiger charge is 2.34. The van der Waals surface area contributed by atoms with Gasteiger partial charge in [-0.15, -0.1) is 0 Å². The molecule has 11 heteroatoms. The predicted octanol–water partition coefficient (Wildman–Crippen LogP) is 4.60. The van der Waals surface area contributed by atoms with Crippen molar-refractivity contribution in [1.82, 2.24) is 19.9 Å². The number of esters is 1. The molecule has 2 aromatic carbocycles. The highest BCUT2D eigenvalue weighted by Crippen LogP contribution is 2.30. The van der Waals surface area contributed by atoms with Crippen LogP contribution >= 0.6 is 0 Å². The van der Waals surface area contributed by atoms with E-state index in [0.29, 0.717) is 11.6 Å². The fourth-order valence-corrected chi connectivity index (χ4v) is 4.23. The first-order valence-electron chi connectivity index (χ1n) is 11.3. The maximum atomic E-state index is 13.5. The van der Waals surface area contributed by atoms with Crippen LogP contribution in [0.4, 0.5) is 13.2 Å². The van der Waals surface area contributed by atoms with Gasteiger partial charge in [0.2, 0.25) is 0 Å². The molecule has 0 saturated heterocycles. The predicted molar refractivity (Wildman–Crippen MR) is 133 cm³/mol. The topological polar surface area (TPSA) is 106 Å². The molecular weight excluding hydrogens is 501 g/mol. The third-order valence-electron chi connectivity index (χ3n) is 6.04. The van der Waals surface area contributed by atoms with E-state index in [2.05, 4.69) is 15.3 Å². The van der Waals surface area contributed by atoms with Crippen LogP contribution < -0.4 is 10.7 Å². The van der Waals surface area contributed by atoms with E-state index >= 15 is 0 Å². The standard InChI is InChI=1S/C27H19F3N4O4/c1-38-26(37)22-19(14-32-25(36)16-8-7-15-11-12-31-20(15)13-16)23(35)18-9-10-21(27(28,29)30)33-24(18)34(22)17-5-3-2-4-6-17/h2-13,31H,14H2,1H3,(H,32,36). The minimum Gasteiger partial charge on any atom is -0.464 e. The number of alkyl halides is 3. The summed E-state index contributed by atoms with van der Waals surface area (Å²) in [4.78, 5) is 46.1. The highest BCUT2D eigenvalue weighted by atomic mass is 19.4. The molecule has 8 nitrogen and oxygen atoms in total. The number of nitrogens with zero attached hydrogens (tertiary/aromatic N) is 2. The molecule has 0 bridgehead atoms. The van der Waals surface area contributed by atoms with Gasteiger partial charge in [-0.2, -0.15) is 13.2 Å². The van der Waals surface area contributed by atoms with E-state index in [4.69, 9.17) is 4.74 Å². The van der Waals surface area contributed by atoms with Crippen LogP contribution in [0.15, 0.2) is 77.7 Å². The van der Waals surface area contributed by atoms with Crippen LogP contribution in [0.1, 0.15) is 32.1 Å². The third-order valence-corrected chi connectivity index (χ3v) is 6.04. The van der Waals surface area contributed by atoms with Crippen LogP contribution in [0.5, 0.6) is 0 Å². The molecule has 0 atom stereocenters. The van der Waals surface area contributed by atoms with E-state index in [1.54, 1.807) is 54.7 Å². The van der Waals surface area contributed by atoms with E-state index in [9.17, 15) is 27.6 Å². The maximum absolute atomic E-state index is 13.5. The lowest BCUT2D eigenvalue weighted by molar-refractivity contribution is -0.141. The number of pyridine rings is 2. The first-order chi connectivity index (χ1) is 18.2. The summed E-state index contributed by atoms with van der Waals surface area (Å²) in [6, 6.07) is 16.6. The number of carbonyl (C=O) groups excluding carboxylic acids is 2. The number of nitrogens with one attached hydrogen (secondary N) is 2. The molecule has 0 unspecified atom stereocenters. The largest absolute Gasteiger partial charge is 0.464 e. The monoisotopic (exact) mass is 520 g/mol. The quantitative estimate of drug-likeness (QED) is 0.330. The van der Waals surface area contributed by atoms with Crippen molar-refractivity contribution in [2.45, 2.75) is 12.7 Å². The van der Waals surface area contributed by atoms with E-state index in [0.717, 1.165) is 28.6 Å². The third kappa shape index (κ3) is 4.38. The molecular formula is C27H19F3N4O4. The summed E-state index contributed by atoms with van der Waals surface area (Å²) in [7, 11) is 1.08. The summed E-state index contributed by atoms with van der Waals surface area (Å²) < 4.78 is 46.6. The van der Waals surface area contributed by atoms with Gasteiger partial charge in [0.1, 0.15) is 17.0 Å². The van der Waals surface area contributed by atoms with Gasteiger partial charge < -0.3 is 15.0 Å². The molecule has 0 fully saturated rings. The van der Waals surface area contributed by atoms with Gasteiger partial charge in [0.25, 0.3) is 5.91 Å². The molecule has 38 heavy (non-hydrogen) atoms. The van der Waals surface area contributed by atoms with Crippen molar-refractivity contribution in [3.63, 3.8) is 0 Å². The number of hydrogen-bond donors (Lipinski definition) is 2. The average Bonchev–Trinajstić information content (AvgIpc) is 3.39. The molecule has 0 saturated carbocycles. The van der Waals surface area contributed by atoms with Crippen LogP contribution in [0.3, 0.4) is 0 Å². The van der Waals surface area contributed by atoms with Gasteiger partial charge in [-0.05, 0) is 47.9 Å². The number of halogens is 3. The van der Waals surface area contributed by atoms with Gasteiger partial charge in [0.15, 0.2) is 5.43 Å². The maximum Gasteiger partial charge on any atom is 0.433 e. The van der Waals surface area contributed by atoms with Gasteiger partial charge in [0, 0.05) is 29.5 Å². The fourth-order valence-electron chi connectivity index (χ4n) is 4.23. The zero-order valence-electron chi connectivity index (χ0n) is 19.8. The Morgan fingerprint density at radius 1 is 1.05 bits per heavy atom. The Bertz CT molecular complexity index is 1760. The normalized spacial score (nSPS) is 11.6. The minimum atomic E-state index is -4.79. The zero-order chi connectivity index (χ0) is 27.0. The lowest BCUT2D eigenvalue weighted by atomic mass is 10.1. The van der Waals surface area contributed by atoms with Gasteiger partial charge >= 0.3 is 12.1 Å². The molecule has 1 amide bonds. The lowest BCUT2D eigenvalue weighted by Gasteiger charge is -2.19. The number of methoxy groups -OCH3 is 1. The van der Waals surface area contributed by atoms with Crippen molar-refractivity contribution < 1.29 is 27.5 Å². The van der Waals surface area contributed by atoms with Crippen LogP contribution in [0.25, 0.3) is 27.6 Å². The number of ether oxygens (including phenoxy) is 1. The molecule has 0 aliphatic carbocycles. The van der Waals surface area contributed by atoms with Crippen LogP contribution in [-0.4, -0.2) is 33.5 Å². The van der Waals surface area contributed by atoms with E-state index in [1.165, 1.54) is 0 Å². The molecule has 5 rings (SSSR count). The van der Waals surface area contributed by atoms with Crippen molar-refractivity contribution in [3.05, 3.63) is 106 Å².